The van der Waals surface area contributed by atoms with Crippen molar-refractivity contribution in [1.29, 1.82) is 0 Å². The number of carbonyl (C=O) groups excluding carboxylic acids is 1. The maximum atomic E-state index is 12.8. The van der Waals surface area contributed by atoms with Crippen molar-refractivity contribution in [1.82, 2.24) is 9.88 Å². The predicted octanol–water partition coefficient (Wildman–Crippen LogP) is 3.97. The Hall–Kier alpha value is -1.68. The zero-order chi connectivity index (χ0) is 15.7. The Morgan fingerprint density at radius 2 is 2.09 bits per heavy atom. The van der Waals surface area contributed by atoms with E-state index in [-0.39, 0.29) is 11.9 Å². The van der Waals surface area contributed by atoms with Crippen molar-refractivity contribution < 1.29 is 4.79 Å². The standard InChI is InChI=1S/C18H22N2OS/c1-12-7-4-5-8-15(12)16-9-6-10-20(16)18(21)11-17-13(2)19-14(3)22-17/h4-5,7-8,16H,6,9-11H2,1-3H3/t16-/m1/s1. The molecule has 1 atom stereocenters. The highest BCUT2D eigenvalue weighted by molar-refractivity contribution is 7.11. The molecule has 1 fully saturated rings. The van der Waals surface area contributed by atoms with Gasteiger partial charge < -0.3 is 4.90 Å². The third-order valence-corrected chi connectivity index (χ3v) is 5.50. The second-order valence-electron chi connectivity index (χ2n) is 6.02. The summed E-state index contributed by atoms with van der Waals surface area (Å²) in [7, 11) is 0. The van der Waals surface area contributed by atoms with Gasteiger partial charge in [0.2, 0.25) is 5.91 Å². The average molecular weight is 314 g/mol. The summed E-state index contributed by atoms with van der Waals surface area (Å²) in [6.07, 6.45) is 2.64. The first-order chi connectivity index (χ1) is 10.6. The van der Waals surface area contributed by atoms with Gasteiger partial charge in [0.15, 0.2) is 0 Å². The van der Waals surface area contributed by atoms with E-state index in [0.29, 0.717) is 6.42 Å². The molecule has 0 aliphatic carbocycles. The van der Waals surface area contributed by atoms with E-state index in [1.165, 1.54) is 11.1 Å². The fourth-order valence-corrected chi connectivity index (χ4v) is 4.25. The number of nitrogens with zero attached hydrogens (tertiary/aromatic N) is 2. The molecule has 0 radical (unpaired) electrons. The Labute approximate surface area is 136 Å². The van der Waals surface area contributed by atoms with Crippen LogP contribution in [0.5, 0.6) is 0 Å². The molecule has 1 aromatic heterocycles. The predicted molar refractivity (Wildman–Crippen MR) is 90.2 cm³/mol. The van der Waals surface area contributed by atoms with Gasteiger partial charge in [0.1, 0.15) is 0 Å². The maximum absolute atomic E-state index is 12.8. The van der Waals surface area contributed by atoms with Crippen molar-refractivity contribution >= 4 is 17.2 Å². The zero-order valence-electron chi connectivity index (χ0n) is 13.4. The summed E-state index contributed by atoms with van der Waals surface area (Å²) in [5.74, 6) is 0.234. The molecule has 0 bridgehead atoms. The van der Waals surface area contributed by atoms with E-state index >= 15 is 0 Å². The van der Waals surface area contributed by atoms with Crippen LogP contribution in [0.4, 0.5) is 0 Å². The number of rotatable bonds is 3. The number of hydrogen-bond donors (Lipinski definition) is 0. The van der Waals surface area contributed by atoms with Gasteiger partial charge in [0.25, 0.3) is 0 Å². The lowest BCUT2D eigenvalue weighted by molar-refractivity contribution is -0.131. The molecule has 2 aromatic rings. The van der Waals surface area contributed by atoms with Gasteiger partial charge in [-0.1, -0.05) is 24.3 Å². The lowest BCUT2D eigenvalue weighted by Crippen LogP contribution is -2.32. The molecule has 3 rings (SSSR count). The minimum absolute atomic E-state index is 0.234. The van der Waals surface area contributed by atoms with Crippen molar-refractivity contribution in [3.05, 3.63) is 51.0 Å². The van der Waals surface area contributed by atoms with E-state index in [1.807, 2.05) is 13.8 Å². The molecule has 0 saturated carbocycles. The first kappa shape index (κ1) is 15.2. The topological polar surface area (TPSA) is 33.2 Å². The van der Waals surface area contributed by atoms with E-state index in [0.717, 1.165) is 35.0 Å². The second-order valence-corrected chi connectivity index (χ2v) is 7.31. The van der Waals surface area contributed by atoms with Crippen molar-refractivity contribution in [3.63, 3.8) is 0 Å². The number of hydrogen-bond acceptors (Lipinski definition) is 3. The third-order valence-electron chi connectivity index (χ3n) is 4.43. The van der Waals surface area contributed by atoms with E-state index in [9.17, 15) is 4.79 Å². The number of aromatic nitrogens is 1. The minimum atomic E-state index is 0.234. The monoisotopic (exact) mass is 314 g/mol. The largest absolute Gasteiger partial charge is 0.335 e. The van der Waals surface area contributed by atoms with E-state index in [2.05, 4.69) is 41.1 Å². The molecule has 0 spiro atoms. The molecular formula is C18H22N2OS. The van der Waals surface area contributed by atoms with Crippen LogP contribution in [-0.4, -0.2) is 22.3 Å². The van der Waals surface area contributed by atoms with Gasteiger partial charge in [-0.2, -0.15) is 0 Å². The first-order valence-electron chi connectivity index (χ1n) is 7.84. The summed E-state index contributed by atoms with van der Waals surface area (Å²) in [5.41, 5.74) is 3.57. The summed E-state index contributed by atoms with van der Waals surface area (Å²) >= 11 is 1.64. The Morgan fingerprint density at radius 3 is 2.77 bits per heavy atom. The molecule has 1 saturated heterocycles. The molecule has 1 aliphatic rings. The molecule has 4 heteroatoms. The Kier molecular flexibility index (Phi) is 4.30. The fourth-order valence-electron chi connectivity index (χ4n) is 3.33. The summed E-state index contributed by atoms with van der Waals surface area (Å²) in [4.78, 5) is 20.4. The summed E-state index contributed by atoms with van der Waals surface area (Å²) in [5, 5.41) is 1.04. The van der Waals surface area contributed by atoms with Crippen molar-refractivity contribution in [2.45, 2.75) is 46.1 Å². The summed E-state index contributed by atoms with van der Waals surface area (Å²) in [6, 6.07) is 8.66. The average Bonchev–Trinajstić information content (AvgIpc) is 3.06. The van der Waals surface area contributed by atoms with Gasteiger partial charge in [-0.25, -0.2) is 4.98 Å². The quantitative estimate of drug-likeness (QED) is 0.858. The lowest BCUT2D eigenvalue weighted by Gasteiger charge is -2.26. The van der Waals surface area contributed by atoms with Crippen LogP contribution >= 0.6 is 11.3 Å². The van der Waals surface area contributed by atoms with Crippen LogP contribution in [0.25, 0.3) is 0 Å². The Bertz CT molecular complexity index is 692. The van der Waals surface area contributed by atoms with Gasteiger partial charge >= 0.3 is 0 Å². The van der Waals surface area contributed by atoms with E-state index in [4.69, 9.17) is 0 Å². The molecule has 116 valence electrons. The van der Waals surface area contributed by atoms with Crippen LogP contribution in [0.15, 0.2) is 24.3 Å². The lowest BCUT2D eigenvalue weighted by atomic mass is 9.99. The molecule has 1 amide bonds. The van der Waals surface area contributed by atoms with Crippen molar-refractivity contribution in [2.24, 2.45) is 0 Å². The highest BCUT2D eigenvalue weighted by atomic mass is 32.1. The SMILES string of the molecule is Cc1nc(C)c(CC(=O)N2CCC[C@@H]2c2ccccc2C)s1. The smallest absolute Gasteiger partial charge is 0.228 e. The zero-order valence-corrected chi connectivity index (χ0v) is 14.2. The molecule has 0 N–H and O–H groups in total. The van der Waals surface area contributed by atoms with Crippen LogP contribution in [0.1, 0.15) is 45.6 Å². The van der Waals surface area contributed by atoms with Gasteiger partial charge in [-0.05, 0) is 44.7 Å². The highest BCUT2D eigenvalue weighted by Crippen LogP contribution is 2.34. The van der Waals surface area contributed by atoms with Crippen LogP contribution in [0, 0.1) is 20.8 Å². The van der Waals surface area contributed by atoms with Crippen LogP contribution in [0.3, 0.4) is 0 Å². The highest BCUT2D eigenvalue weighted by Gasteiger charge is 2.31. The van der Waals surface area contributed by atoms with Crippen LogP contribution in [-0.2, 0) is 11.2 Å². The molecule has 22 heavy (non-hydrogen) atoms. The van der Waals surface area contributed by atoms with Gasteiger partial charge in [-0.15, -0.1) is 11.3 Å². The van der Waals surface area contributed by atoms with Crippen LogP contribution in [0.2, 0.25) is 0 Å². The Balaban J connectivity index is 1.80. The number of benzene rings is 1. The second kappa shape index (κ2) is 6.21. The first-order valence-corrected chi connectivity index (χ1v) is 8.66. The van der Waals surface area contributed by atoms with E-state index in [1.54, 1.807) is 11.3 Å². The van der Waals surface area contributed by atoms with Gasteiger partial charge in [0.05, 0.1) is 23.2 Å². The molecule has 3 nitrogen and oxygen atoms in total. The molecule has 1 aromatic carbocycles. The van der Waals surface area contributed by atoms with Crippen molar-refractivity contribution in [2.75, 3.05) is 6.54 Å². The third kappa shape index (κ3) is 2.93. The summed E-state index contributed by atoms with van der Waals surface area (Å²) < 4.78 is 0. The fraction of sp³-hybridized carbons (Fsp3) is 0.444. The van der Waals surface area contributed by atoms with Gasteiger partial charge in [0, 0.05) is 11.4 Å². The molecule has 1 aliphatic heterocycles. The number of carbonyl (C=O) groups is 1. The number of thiazole rings is 1. The minimum Gasteiger partial charge on any atom is -0.335 e. The molecule has 2 heterocycles. The number of aryl methyl sites for hydroxylation is 3. The van der Waals surface area contributed by atoms with Crippen LogP contribution < -0.4 is 0 Å². The van der Waals surface area contributed by atoms with Gasteiger partial charge in [-0.3, -0.25) is 4.79 Å². The molecule has 0 unspecified atom stereocenters. The normalized spacial score (nSPS) is 18.0. The van der Waals surface area contributed by atoms with E-state index < -0.39 is 0 Å². The molecular weight excluding hydrogens is 292 g/mol. The number of amides is 1. The Morgan fingerprint density at radius 1 is 1.32 bits per heavy atom. The summed E-state index contributed by atoms with van der Waals surface area (Å²) in [6.45, 7) is 6.99. The number of likely N-dealkylation sites (tertiary alicyclic amines) is 1. The maximum Gasteiger partial charge on any atom is 0.228 e. The van der Waals surface area contributed by atoms with Crippen molar-refractivity contribution in [3.8, 4) is 0 Å².